The van der Waals surface area contributed by atoms with Crippen LogP contribution in [0.1, 0.15) is 31.1 Å². The number of rotatable bonds is 7. The van der Waals surface area contributed by atoms with E-state index in [9.17, 15) is 9.59 Å². The summed E-state index contributed by atoms with van der Waals surface area (Å²) in [6.07, 6.45) is 3.68. The number of carbonyl (C=O) groups is 2. The van der Waals surface area contributed by atoms with E-state index in [0.717, 1.165) is 18.6 Å². The topological polar surface area (TPSA) is 62.6 Å². The van der Waals surface area contributed by atoms with Crippen molar-refractivity contribution in [2.75, 3.05) is 6.54 Å². The number of benzene rings is 1. The Kier molecular flexibility index (Phi) is 5.53. The fourth-order valence-corrected chi connectivity index (χ4v) is 3.15. The second-order valence-corrected chi connectivity index (χ2v) is 6.69. The zero-order valence-electron chi connectivity index (χ0n) is 14.5. The van der Waals surface area contributed by atoms with E-state index in [-0.39, 0.29) is 30.2 Å². The van der Waals surface area contributed by atoms with Crippen LogP contribution in [0.3, 0.4) is 0 Å². The second kappa shape index (κ2) is 8.01. The number of furan rings is 1. The lowest BCUT2D eigenvalue weighted by molar-refractivity contribution is -0.129. The van der Waals surface area contributed by atoms with Crippen LogP contribution in [-0.2, 0) is 22.6 Å². The van der Waals surface area contributed by atoms with Crippen molar-refractivity contribution in [1.29, 1.82) is 0 Å². The molecule has 1 aliphatic rings. The first-order valence-corrected chi connectivity index (χ1v) is 8.76. The van der Waals surface area contributed by atoms with Crippen molar-refractivity contribution < 1.29 is 14.0 Å². The summed E-state index contributed by atoms with van der Waals surface area (Å²) in [4.78, 5) is 26.3. The molecule has 2 aromatic rings. The molecule has 25 heavy (non-hydrogen) atoms. The smallest absolute Gasteiger partial charge is 0.225 e. The van der Waals surface area contributed by atoms with Gasteiger partial charge in [0.1, 0.15) is 5.76 Å². The van der Waals surface area contributed by atoms with Gasteiger partial charge in [-0.05, 0) is 37.5 Å². The maximum atomic E-state index is 12.4. The Hall–Kier alpha value is -2.56. The van der Waals surface area contributed by atoms with Crippen molar-refractivity contribution in [3.63, 3.8) is 0 Å². The van der Waals surface area contributed by atoms with Crippen molar-refractivity contribution in [3.05, 3.63) is 60.1 Å². The maximum absolute atomic E-state index is 12.4. The number of hydrogen-bond acceptors (Lipinski definition) is 3. The molecule has 2 atom stereocenters. The Morgan fingerprint density at radius 1 is 1.28 bits per heavy atom. The van der Waals surface area contributed by atoms with E-state index in [1.54, 1.807) is 17.2 Å². The minimum atomic E-state index is -0.276. The van der Waals surface area contributed by atoms with E-state index in [1.807, 2.05) is 31.2 Å². The van der Waals surface area contributed by atoms with E-state index in [2.05, 4.69) is 17.4 Å². The zero-order valence-corrected chi connectivity index (χ0v) is 14.5. The number of amides is 2. The van der Waals surface area contributed by atoms with Gasteiger partial charge in [0, 0.05) is 19.0 Å². The minimum absolute atomic E-state index is 0.00786. The molecule has 1 aromatic heterocycles. The molecule has 1 N–H and O–H groups in total. The fraction of sp³-hybridized carbons (Fsp3) is 0.400. The highest BCUT2D eigenvalue weighted by Crippen LogP contribution is 2.21. The first-order chi connectivity index (χ1) is 12.1. The van der Waals surface area contributed by atoms with Crippen LogP contribution in [0, 0.1) is 5.92 Å². The van der Waals surface area contributed by atoms with Gasteiger partial charge < -0.3 is 14.6 Å². The number of nitrogens with zero attached hydrogens (tertiary/aromatic N) is 1. The normalized spacial score (nSPS) is 18.4. The molecule has 2 unspecified atom stereocenters. The van der Waals surface area contributed by atoms with E-state index in [0.29, 0.717) is 13.1 Å². The molecule has 5 nitrogen and oxygen atoms in total. The minimum Gasteiger partial charge on any atom is -0.467 e. The molecule has 0 radical (unpaired) electrons. The van der Waals surface area contributed by atoms with Gasteiger partial charge in [-0.2, -0.15) is 0 Å². The molecule has 1 aromatic carbocycles. The number of carbonyl (C=O) groups excluding carboxylic acids is 2. The molecular formula is C20H24N2O3. The fourth-order valence-electron chi connectivity index (χ4n) is 3.15. The summed E-state index contributed by atoms with van der Waals surface area (Å²) in [6, 6.07) is 14.0. The SMILES string of the molecule is CC(CCc1ccccc1)NC(=O)C1CC(=O)N(Cc2ccco2)C1. The van der Waals surface area contributed by atoms with Gasteiger partial charge in [0.25, 0.3) is 0 Å². The molecule has 0 spiro atoms. The lowest BCUT2D eigenvalue weighted by Crippen LogP contribution is -2.38. The average Bonchev–Trinajstić information content (AvgIpc) is 3.25. The van der Waals surface area contributed by atoms with Gasteiger partial charge in [0.2, 0.25) is 11.8 Å². The third kappa shape index (κ3) is 4.72. The van der Waals surface area contributed by atoms with Crippen LogP contribution in [-0.4, -0.2) is 29.3 Å². The summed E-state index contributed by atoms with van der Waals surface area (Å²) in [6.45, 7) is 2.90. The van der Waals surface area contributed by atoms with Gasteiger partial charge in [-0.25, -0.2) is 0 Å². The van der Waals surface area contributed by atoms with Gasteiger partial charge in [0.15, 0.2) is 0 Å². The van der Waals surface area contributed by atoms with Crippen molar-refractivity contribution in [2.24, 2.45) is 5.92 Å². The quantitative estimate of drug-likeness (QED) is 0.843. The van der Waals surface area contributed by atoms with Gasteiger partial charge in [0.05, 0.1) is 18.7 Å². The molecule has 0 bridgehead atoms. The molecular weight excluding hydrogens is 316 g/mol. The summed E-state index contributed by atoms with van der Waals surface area (Å²) < 4.78 is 5.28. The highest BCUT2D eigenvalue weighted by Gasteiger charge is 2.34. The number of hydrogen-bond donors (Lipinski definition) is 1. The van der Waals surface area contributed by atoms with E-state index in [1.165, 1.54) is 5.56 Å². The second-order valence-electron chi connectivity index (χ2n) is 6.69. The number of nitrogens with one attached hydrogen (secondary N) is 1. The van der Waals surface area contributed by atoms with Crippen molar-refractivity contribution in [1.82, 2.24) is 10.2 Å². The van der Waals surface area contributed by atoms with Crippen molar-refractivity contribution in [3.8, 4) is 0 Å². The third-order valence-electron chi connectivity index (χ3n) is 4.61. The maximum Gasteiger partial charge on any atom is 0.225 e. The summed E-state index contributed by atoms with van der Waals surface area (Å²) in [5, 5.41) is 3.05. The molecule has 2 heterocycles. The molecule has 2 amide bonds. The van der Waals surface area contributed by atoms with Crippen LogP contribution < -0.4 is 5.32 Å². The molecule has 132 valence electrons. The van der Waals surface area contributed by atoms with Gasteiger partial charge in [-0.3, -0.25) is 9.59 Å². The van der Waals surface area contributed by atoms with E-state index in [4.69, 9.17) is 4.42 Å². The standard InChI is InChI=1S/C20H24N2O3/c1-15(9-10-16-6-3-2-4-7-16)21-20(24)17-12-19(23)22(13-17)14-18-8-5-11-25-18/h2-8,11,15,17H,9-10,12-14H2,1H3,(H,21,24). The Bertz CT molecular complexity index is 697. The monoisotopic (exact) mass is 340 g/mol. The van der Waals surface area contributed by atoms with Crippen LogP contribution in [0.2, 0.25) is 0 Å². The van der Waals surface area contributed by atoms with Crippen LogP contribution in [0.4, 0.5) is 0 Å². The molecule has 1 fully saturated rings. The molecule has 1 aliphatic heterocycles. The lowest BCUT2D eigenvalue weighted by atomic mass is 10.0. The van der Waals surface area contributed by atoms with E-state index >= 15 is 0 Å². The van der Waals surface area contributed by atoms with Gasteiger partial charge in [-0.15, -0.1) is 0 Å². The third-order valence-corrected chi connectivity index (χ3v) is 4.61. The van der Waals surface area contributed by atoms with Crippen LogP contribution in [0.15, 0.2) is 53.1 Å². The predicted octanol–water partition coefficient (Wildman–Crippen LogP) is 2.77. The summed E-state index contributed by atoms with van der Waals surface area (Å²) in [7, 11) is 0. The number of aryl methyl sites for hydroxylation is 1. The van der Waals surface area contributed by atoms with Crippen LogP contribution in [0.5, 0.6) is 0 Å². The largest absolute Gasteiger partial charge is 0.467 e. The Morgan fingerprint density at radius 3 is 2.80 bits per heavy atom. The Labute approximate surface area is 148 Å². The number of likely N-dealkylation sites (tertiary alicyclic amines) is 1. The van der Waals surface area contributed by atoms with Crippen LogP contribution >= 0.6 is 0 Å². The average molecular weight is 340 g/mol. The predicted molar refractivity (Wildman–Crippen MR) is 94.6 cm³/mol. The molecule has 3 rings (SSSR count). The highest BCUT2D eigenvalue weighted by atomic mass is 16.3. The Balaban J connectivity index is 1.45. The Morgan fingerprint density at radius 2 is 2.08 bits per heavy atom. The first kappa shape index (κ1) is 17.3. The molecule has 0 aliphatic carbocycles. The lowest BCUT2D eigenvalue weighted by Gasteiger charge is -2.18. The summed E-state index contributed by atoms with van der Waals surface area (Å²) >= 11 is 0. The first-order valence-electron chi connectivity index (χ1n) is 8.76. The summed E-state index contributed by atoms with van der Waals surface area (Å²) in [5.41, 5.74) is 1.27. The zero-order chi connectivity index (χ0) is 17.6. The molecule has 0 saturated carbocycles. The molecule has 1 saturated heterocycles. The van der Waals surface area contributed by atoms with Crippen LogP contribution in [0.25, 0.3) is 0 Å². The van der Waals surface area contributed by atoms with E-state index < -0.39 is 0 Å². The highest BCUT2D eigenvalue weighted by molar-refractivity contribution is 5.89. The van der Waals surface area contributed by atoms with Crippen molar-refractivity contribution >= 4 is 11.8 Å². The van der Waals surface area contributed by atoms with Crippen molar-refractivity contribution in [2.45, 2.75) is 38.8 Å². The molecule has 5 heteroatoms. The van der Waals surface area contributed by atoms with Gasteiger partial charge in [-0.1, -0.05) is 30.3 Å². The summed E-state index contributed by atoms with van der Waals surface area (Å²) in [5.74, 6) is 0.441. The van der Waals surface area contributed by atoms with Gasteiger partial charge >= 0.3 is 0 Å².